The molecule has 0 atom stereocenters. The lowest BCUT2D eigenvalue weighted by Crippen LogP contribution is -2.00. The van der Waals surface area contributed by atoms with Crippen LogP contribution in [0, 0.1) is 3.57 Å². The molecule has 7 heteroatoms. The first-order valence-corrected chi connectivity index (χ1v) is 4.34. The van der Waals surface area contributed by atoms with Gasteiger partial charge in [0.05, 0.1) is 3.57 Å². The summed E-state index contributed by atoms with van der Waals surface area (Å²) in [4.78, 5) is 10.6. The second-order valence-electron chi connectivity index (χ2n) is 2.39. The molecule has 0 aromatic heterocycles. The van der Waals surface area contributed by atoms with Gasteiger partial charge in [-0.25, -0.2) is 4.79 Å². The minimum absolute atomic E-state index is 0.247. The van der Waals surface area contributed by atoms with Crippen molar-refractivity contribution in [2.45, 2.75) is 0 Å². The van der Waals surface area contributed by atoms with Gasteiger partial charge in [-0.05, 0) is 22.6 Å². The van der Waals surface area contributed by atoms with E-state index in [0.717, 1.165) is 0 Å². The van der Waals surface area contributed by atoms with Gasteiger partial charge in [0.25, 0.3) is 0 Å². The van der Waals surface area contributed by atoms with Crippen LogP contribution in [0.4, 0.5) is 0 Å². The van der Waals surface area contributed by atoms with Crippen molar-refractivity contribution in [1.82, 2.24) is 0 Å². The van der Waals surface area contributed by atoms with Crippen molar-refractivity contribution in [2.75, 3.05) is 0 Å². The van der Waals surface area contributed by atoms with Crippen LogP contribution in [-0.4, -0.2) is 31.5 Å². The zero-order valence-electron chi connectivity index (χ0n) is 6.52. The summed E-state index contributed by atoms with van der Waals surface area (Å²) in [5.74, 6) is -5.27. The number of carboxylic acids is 1. The molecule has 0 amide bonds. The molecular weight excluding hydrogens is 307 g/mol. The molecule has 1 rings (SSSR count). The molecule has 0 saturated heterocycles. The third kappa shape index (κ3) is 1.39. The number of aromatic carboxylic acids is 1. The van der Waals surface area contributed by atoms with E-state index in [2.05, 4.69) is 0 Å². The third-order valence-electron chi connectivity index (χ3n) is 1.55. The fraction of sp³-hybridized carbons (Fsp3) is 0. The number of benzene rings is 1. The number of phenols is 4. The van der Waals surface area contributed by atoms with Crippen LogP contribution in [0.3, 0.4) is 0 Å². The first-order valence-electron chi connectivity index (χ1n) is 3.26. The topological polar surface area (TPSA) is 118 Å². The van der Waals surface area contributed by atoms with Crippen molar-refractivity contribution in [1.29, 1.82) is 0 Å². The molecule has 0 aliphatic rings. The van der Waals surface area contributed by atoms with Gasteiger partial charge in [-0.2, -0.15) is 0 Å². The van der Waals surface area contributed by atoms with Crippen molar-refractivity contribution < 1.29 is 30.3 Å². The molecular formula is C7H5IO6. The van der Waals surface area contributed by atoms with E-state index < -0.39 is 34.5 Å². The number of halogens is 1. The number of carbonyl (C=O) groups is 1. The normalized spacial score (nSPS) is 10.1. The van der Waals surface area contributed by atoms with E-state index in [-0.39, 0.29) is 3.57 Å². The fourth-order valence-electron chi connectivity index (χ4n) is 0.864. The summed E-state index contributed by atoms with van der Waals surface area (Å²) in [5.41, 5.74) is -0.654. The Kier molecular flexibility index (Phi) is 2.60. The molecule has 0 aliphatic heterocycles. The molecule has 1 aromatic carbocycles. The maximum Gasteiger partial charge on any atom is 0.340 e. The Labute approximate surface area is 91.2 Å². The van der Waals surface area contributed by atoms with Gasteiger partial charge >= 0.3 is 5.97 Å². The minimum atomic E-state index is -1.52. The van der Waals surface area contributed by atoms with Crippen LogP contribution >= 0.6 is 22.6 Å². The largest absolute Gasteiger partial charge is 0.504 e. The maximum atomic E-state index is 10.6. The smallest absolute Gasteiger partial charge is 0.340 e. The summed E-state index contributed by atoms with van der Waals surface area (Å²) in [6.07, 6.45) is 0. The zero-order chi connectivity index (χ0) is 11.0. The highest BCUT2D eigenvalue weighted by Crippen LogP contribution is 2.47. The van der Waals surface area contributed by atoms with E-state index in [0.29, 0.717) is 0 Å². The quantitative estimate of drug-likeness (QED) is 0.297. The molecule has 6 nitrogen and oxygen atoms in total. The Hall–Kier alpha value is -1.38. The highest BCUT2D eigenvalue weighted by atomic mass is 127. The monoisotopic (exact) mass is 312 g/mol. The first-order chi connectivity index (χ1) is 6.37. The van der Waals surface area contributed by atoms with E-state index in [9.17, 15) is 4.79 Å². The van der Waals surface area contributed by atoms with Gasteiger partial charge < -0.3 is 25.5 Å². The summed E-state index contributed by atoms with van der Waals surface area (Å²) in [6.45, 7) is 0. The Morgan fingerprint density at radius 1 is 0.929 bits per heavy atom. The molecule has 0 aliphatic carbocycles. The lowest BCUT2D eigenvalue weighted by Gasteiger charge is -2.08. The Morgan fingerprint density at radius 2 is 1.36 bits per heavy atom. The van der Waals surface area contributed by atoms with E-state index >= 15 is 0 Å². The molecule has 76 valence electrons. The zero-order valence-corrected chi connectivity index (χ0v) is 8.68. The lowest BCUT2D eigenvalue weighted by atomic mass is 10.1. The Bertz CT molecular complexity index is 384. The number of phenolic OH excluding ortho intramolecular Hbond substituents is 3. The van der Waals surface area contributed by atoms with Crippen LogP contribution in [0.25, 0.3) is 0 Å². The van der Waals surface area contributed by atoms with Crippen molar-refractivity contribution in [3.05, 3.63) is 9.13 Å². The summed E-state index contributed by atoms with van der Waals surface area (Å²) in [5, 5.41) is 44.9. The lowest BCUT2D eigenvalue weighted by molar-refractivity contribution is 0.0691. The van der Waals surface area contributed by atoms with E-state index in [1.807, 2.05) is 0 Å². The third-order valence-corrected chi connectivity index (χ3v) is 2.60. The van der Waals surface area contributed by atoms with Gasteiger partial charge in [0.2, 0.25) is 11.5 Å². The number of aromatic hydroxyl groups is 4. The summed E-state index contributed by atoms with van der Waals surface area (Å²) in [6, 6.07) is 0. The summed E-state index contributed by atoms with van der Waals surface area (Å²) in [7, 11) is 0. The fourth-order valence-corrected chi connectivity index (χ4v) is 1.61. The Balaban J connectivity index is 3.68. The predicted octanol–water partition coefficient (Wildman–Crippen LogP) is 0.812. The predicted molar refractivity (Wildman–Crippen MR) is 52.8 cm³/mol. The van der Waals surface area contributed by atoms with Crippen LogP contribution in [0.1, 0.15) is 10.4 Å². The van der Waals surface area contributed by atoms with Gasteiger partial charge in [0, 0.05) is 0 Å². The van der Waals surface area contributed by atoms with Crippen LogP contribution in [-0.2, 0) is 0 Å². The maximum absolute atomic E-state index is 10.6. The minimum Gasteiger partial charge on any atom is -0.504 e. The average Bonchev–Trinajstić information content (AvgIpc) is 2.11. The average molecular weight is 312 g/mol. The Morgan fingerprint density at radius 3 is 1.79 bits per heavy atom. The van der Waals surface area contributed by atoms with Crippen LogP contribution in [0.15, 0.2) is 0 Å². The van der Waals surface area contributed by atoms with Gasteiger partial charge in [0.15, 0.2) is 11.5 Å². The standard InChI is InChI=1S/C7H5IO6/c8-2-1(7(13)14)3(9)5(11)6(12)4(2)10/h9-12H,(H,13,14). The SMILES string of the molecule is O=C(O)c1c(O)c(O)c(O)c(O)c1I. The second-order valence-corrected chi connectivity index (χ2v) is 3.47. The summed E-state index contributed by atoms with van der Waals surface area (Å²) < 4.78 is -0.247. The molecule has 0 radical (unpaired) electrons. The number of hydrogen-bond acceptors (Lipinski definition) is 5. The number of hydrogen-bond donors (Lipinski definition) is 5. The van der Waals surface area contributed by atoms with Gasteiger partial charge in [0.1, 0.15) is 5.56 Å². The molecule has 0 spiro atoms. The van der Waals surface area contributed by atoms with Crippen molar-refractivity contribution in [3.8, 4) is 23.0 Å². The van der Waals surface area contributed by atoms with E-state index in [1.165, 1.54) is 22.6 Å². The van der Waals surface area contributed by atoms with Crippen molar-refractivity contribution in [2.24, 2.45) is 0 Å². The first kappa shape index (κ1) is 10.7. The second kappa shape index (κ2) is 3.40. The number of carboxylic acid groups (broad SMARTS) is 1. The molecule has 0 heterocycles. The van der Waals surface area contributed by atoms with Crippen LogP contribution in [0.5, 0.6) is 23.0 Å². The van der Waals surface area contributed by atoms with E-state index in [1.54, 1.807) is 0 Å². The summed E-state index contributed by atoms with van der Waals surface area (Å²) >= 11 is 1.43. The van der Waals surface area contributed by atoms with Crippen molar-refractivity contribution in [3.63, 3.8) is 0 Å². The molecule has 0 unspecified atom stereocenters. The number of rotatable bonds is 1. The molecule has 5 N–H and O–H groups in total. The van der Waals surface area contributed by atoms with Crippen LogP contribution < -0.4 is 0 Å². The van der Waals surface area contributed by atoms with Gasteiger partial charge in [-0.3, -0.25) is 0 Å². The molecule has 14 heavy (non-hydrogen) atoms. The van der Waals surface area contributed by atoms with Crippen LogP contribution in [0.2, 0.25) is 0 Å². The molecule has 0 fully saturated rings. The van der Waals surface area contributed by atoms with Crippen molar-refractivity contribution >= 4 is 28.6 Å². The van der Waals surface area contributed by atoms with E-state index in [4.69, 9.17) is 25.5 Å². The van der Waals surface area contributed by atoms with Gasteiger partial charge in [-0.1, -0.05) is 0 Å². The molecule has 0 bridgehead atoms. The highest BCUT2D eigenvalue weighted by molar-refractivity contribution is 14.1. The van der Waals surface area contributed by atoms with Gasteiger partial charge in [-0.15, -0.1) is 0 Å². The molecule has 1 aromatic rings. The molecule has 0 saturated carbocycles. The highest BCUT2D eigenvalue weighted by Gasteiger charge is 2.25.